The molecule has 22 heavy (non-hydrogen) atoms. The molecule has 0 saturated carbocycles. The van der Waals surface area contributed by atoms with Crippen LogP contribution >= 0.6 is 11.8 Å². The van der Waals surface area contributed by atoms with E-state index in [4.69, 9.17) is 5.11 Å². The van der Waals surface area contributed by atoms with Crippen LogP contribution in [0.15, 0.2) is 12.3 Å². The zero-order valence-corrected chi connectivity index (χ0v) is 13.3. The molecule has 116 valence electrons. The number of aryl methyl sites for hydroxylation is 3. The number of hydrogen-bond donors (Lipinski definition) is 1. The van der Waals surface area contributed by atoms with Crippen LogP contribution in [0.5, 0.6) is 0 Å². The molecule has 0 saturated heterocycles. The minimum absolute atomic E-state index is 0.182. The van der Waals surface area contributed by atoms with Crippen molar-refractivity contribution in [2.45, 2.75) is 32.2 Å². The molecule has 1 N–H and O–H groups in total. The molecule has 0 amide bonds. The van der Waals surface area contributed by atoms with Crippen molar-refractivity contribution < 1.29 is 9.90 Å². The van der Waals surface area contributed by atoms with E-state index in [9.17, 15) is 4.79 Å². The molecule has 0 atom stereocenters. The monoisotopic (exact) mass is 318 g/mol. The maximum atomic E-state index is 11.1. The van der Waals surface area contributed by atoms with Crippen molar-refractivity contribution in [3.8, 4) is 11.4 Å². The van der Waals surface area contributed by atoms with Crippen LogP contribution in [0.25, 0.3) is 11.4 Å². The molecule has 0 unspecified atom stereocenters. The molecule has 0 spiro atoms. The Morgan fingerprint density at radius 1 is 1.45 bits per heavy atom. The molecule has 0 radical (unpaired) electrons. The fourth-order valence-corrected chi connectivity index (χ4v) is 3.08. The van der Waals surface area contributed by atoms with Crippen molar-refractivity contribution in [1.29, 1.82) is 0 Å². The second kappa shape index (κ2) is 6.48. The zero-order chi connectivity index (χ0) is 15.5. The number of carbonyl (C=O) groups is 1. The number of pyridine rings is 1. The molecule has 0 bridgehead atoms. The molecule has 1 aliphatic carbocycles. The Kier molecular flexibility index (Phi) is 4.42. The van der Waals surface area contributed by atoms with E-state index < -0.39 is 5.97 Å². The summed E-state index contributed by atoms with van der Waals surface area (Å²) >= 11 is 1.72. The maximum Gasteiger partial charge on any atom is 0.325 e. The Labute approximate surface area is 133 Å². The zero-order valence-electron chi connectivity index (χ0n) is 12.4. The van der Waals surface area contributed by atoms with Crippen LogP contribution in [-0.4, -0.2) is 42.8 Å². The summed E-state index contributed by atoms with van der Waals surface area (Å²) in [6.07, 6.45) is 7.73. The Morgan fingerprint density at radius 3 is 3.09 bits per heavy atom. The lowest BCUT2D eigenvalue weighted by Gasteiger charge is -2.05. The van der Waals surface area contributed by atoms with Gasteiger partial charge in [-0.3, -0.25) is 9.78 Å². The molecule has 0 fully saturated rings. The topological polar surface area (TPSA) is 80.9 Å². The molecule has 2 heterocycles. The normalized spacial score (nSPS) is 13.3. The molecule has 7 heteroatoms. The third kappa shape index (κ3) is 3.14. The number of carboxylic acid groups (broad SMARTS) is 1. The summed E-state index contributed by atoms with van der Waals surface area (Å²) in [7, 11) is 0. The smallest absolute Gasteiger partial charge is 0.325 e. The minimum atomic E-state index is -0.920. The van der Waals surface area contributed by atoms with E-state index in [2.05, 4.69) is 21.1 Å². The Hall–Kier alpha value is -1.89. The summed E-state index contributed by atoms with van der Waals surface area (Å²) in [6.45, 7) is -0.182. The van der Waals surface area contributed by atoms with Gasteiger partial charge in [0.2, 0.25) is 0 Å². The van der Waals surface area contributed by atoms with Crippen LogP contribution in [0, 0.1) is 0 Å². The van der Waals surface area contributed by atoms with Gasteiger partial charge < -0.3 is 5.11 Å². The van der Waals surface area contributed by atoms with Crippen molar-refractivity contribution in [1.82, 2.24) is 19.7 Å². The van der Waals surface area contributed by atoms with Crippen LogP contribution < -0.4 is 0 Å². The van der Waals surface area contributed by atoms with E-state index in [1.165, 1.54) is 10.2 Å². The van der Waals surface area contributed by atoms with Crippen LogP contribution in [0.3, 0.4) is 0 Å². The summed E-state index contributed by atoms with van der Waals surface area (Å²) < 4.78 is 1.47. The third-order valence-corrected chi connectivity index (χ3v) is 4.32. The lowest BCUT2D eigenvalue weighted by atomic mass is 10.1. The van der Waals surface area contributed by atoms with Gasteiger partial charge in [0.15, 0.2) is 11.6 Å². The highest BCUT2D eigenvalue weighted by Crippen LogP contribution is 2.25. The van der Waals surface area contributed by atoms with E-state index in [0.717, 1.165) is 42.7 Å². The average molecular weight is 318 g/mol. The number of fused-ring (bicyclic) bond motifs is 1. The first-order valence-electron chi connectivity index (χ1n) is 7.30. The first kappa shape index (κ1) is 15.0. The van der Waals surface area contributed by atoms with Gasteiger partial charge in [-0.15, -0.1) is 0 Å². The number of nitrogens with zero attached hydrogens (tertiary/aromatic N) is 4. The van der Waals surface area contributed by atoms with Gasteiger partial charge in [0, 0.05) is 29.6 Å². The van der Waals surface area contributed by atoms with E-state index in [1.54, 1.807) is 18.0 Å². The van der Waals surface area contributed by atoms with Crippen LogP contribution in [-0.2, 0) is 30.6 Å². The fourth-order valence-electron chi connectivity index (χ4n) is 2.69. The van der Waals surface area contributed by atoms with Gasteiger partial charge in [-0.1, -0.05) is 0 Å². The van der Waals surface area contributed by atoms with Crippen LogP contribution in [0.1, 0.15) is 23.5 Å². The molecule has 3 rings (SSSR count). The highest BCUT2D eigenvalue weighted by atomic mass is 32.2. The van der Waals surface area contributed by atoms with E-state index >= 15 is 0 Å². The number of carboxylic acids is 1. The lowest BCUT2D eigenvalue weighted by Crippen LogP contribution is -2.12. The minimum Gasteiger partial charge on any atom is -0.480 e. The van der Waals surface area contributed by atoms with Gasteiger partial charge in [-0.25, -0.2) is 9.67 Å². The summed E-state index contributed by atoms with van der Waals surface area (Å²) in [6, 6.07) is 2.08. The van der Waals surface area contributed by atoms with Gasteiger partial charge in [-0.2, -0.15) is 16.9 Å². The quantitative estimate of drug-likeness (QED) is 0.875. The Morgan fingerprint density at radius 2 is 2.32 bits per heavy atom. The fraction of sp³-hybridized carbons (Fsp3) is 0.467. The van der Waals surface area contributed by atoms with Gasteiger partial charge in [-0.05, 0) is 37.1 Å². The first-order chi connectivity index (χ1) is 10.7. The largest absolute Gasteiger partial charge is 0.480 e. The van der Waals surface area contributed by atoms with Crippen molar-refractivity contribution in [3.05, 3.63) is 29.3 Å². The van der Waals surface area contributed by atoms with Gasteiger partial charge in [0.05, 0.1) is 0 Å². The summed E-state index contributed by atoms with van der Waals surface area (Å²) in [5.74, 6) is 1.28. The molecule has 0 aromatic carbocycles. The second-order valence-electron chi connectivity index (χ2n) is 5.33. The average Bonchev–Trinajstić information content (AvgIpc) is 3.10. The molecule has 2 aromatic heterocycles. The number of aliphatic carboxylic acids is 1. The van der Waals surface area contributed by atoms with Crippen LogP contribution in [0.4, 0.5) is 0 Å². The number of rotatable bonds is 6. The molecular weight excluding hydrogens is 300 g/mol. The summed E-state index contributed by atoms with van der Waals surface area (Å²) in [4.78, 5) is 20.1. The van der Waals surface area contributed by atoms with E-state index in [-0.39, 0.29) is 6.54 Å². The summed E-state index contributed by atoms with van der Waals surface area (Å²) in [5.41, 5.74) is 3.24. The predicted molar refractivity (Wildman–Crippen MR) is 85.0 cm³/mol. The van der Waals surface area contributed by atoms with E-state index in [1.807, 2.05) is 6.26 Å². The molecular formula is C15H18N4O2S. The predicted octanol–water partition coefficient (Wildman–Crippen LogP) is 1.82. The molecule has 2 aromatic rings. The van der Waals surface area contributed by atoms with Crippen molar-refractivity contribution >= 4 is 17.7 Å². The number of hydrogen-bond acceptors (Lipinski definition) is 5. The summed E-state index contributed by atoms with van der Waals surface area (Å²) in [5, 5.41) is 13.4. The van der Waals surface area contributed by atoms with Gasteiger partial charge >= 0.3 is 5.97 Å². The lowest BCUT2D eigenvalue weighted by molar-refractivity contribution is -0.137. The van der Waals surface area contributed by atoms with Gasteiger partial charge in [0.1, 0.15) is 6.54 Å². The number of thioether (sulfide) groups is 1. The SMILES string of the molecule is CSCCc1nc(-c2cnc3c(c2)CCC3)n(CC(=O)O)n1. The van der Waals surface area contributed by atoms with Gasteiger partial charge in [0.25, 0.3) is 0 Å². The molecule has 0 aliphatic heterocycles. The molecule has 6 nitrogen and oxygen atoms in total. The highest BCUT2D eigenvalue weighted by molar-refractivity contribution is 7.98. The van der Waals surface area contributed by atoms with E-state index in [0.29, 0.717) is 11.6 Å². The van der Waals surface area contributed by atoms with Crippen molar-refractivity contribution in [3.63, 3.8) is 0 Å². The molecule has 1 aliphatic rings. The third-order valence-electron chi connectivity index (χ3n) is 3.71. The number of aromatic nitrogens is 4. The van der Waals surface area contributed by atoms with Crippen molar-refractivity contribution in [2.24, 2.45) is 0 Å². The second-order valence-corrected chi connectivity index (χ2v) is 6.31. The first-order valence-corrected chi connectivity index (χ1v) is 8.69. The van der Waals surface area contributed by atoms with Crippen LogP contribution in [0.2, 0.25) is 0 Å². The van der Waals surface area contributed by atoms with Crippen molar-refractivity contribution in [2.75, 3.05) is 12.0 Å². The Balaban J connectivity index is 1.96. The maximum absolute atomic E-state index is 11.1. The standard InChI is InChI=1S/C15H18N4O2S/c1-22-6-5-13-17-15(19(18-13)9-14(20)21)11-7-10-3-2-4-12(10)16-8-11/h7-8H,2-6,9H2,1H3,(H,20,21). The Bertz CT molecular complexity index is 699. The highest BCUT2D eigenvalue weighted by Gasteiger charge is 2.18.